The summed E-state index contributed by atoms with van der Waals surface area (Å²) in [5.74, 6) is -0.436. The van der Waals surface area contributed by atoms with Gasteiger partial charge < -0.3 is 5.73 Å². The van der Waals surface area contributed by atoms with Crippen molar-refractivity contribution in [3.8, 4) is 0 Å². The molecule has 19 heavy (non-hydrogen) atoms. The van der Waals surface area contributed by atoms with Crippen molar-refractivity contribution in [1.29, 1.82) is 0 Å². The Morgan fingerprint density at radius 2 is 2.37 bits per heavy atom. The number of amides is 1. The number of aromatic amines is 1. The summed E-state index contributed by atoms with van der Waals surface area (Å²) in [6.45, 7) is 4.65. The number of hydrogen-bond acceptors (Lipinski definition) is 4. The van der Waals surface area contributed by atoms with Gasteiger partial charge in [0.2, 0.25) is 0 Å². The summed E-state index contributed by atoms with van der Waals surface area (Å²) in [5, 5.41) is 11.3. The number of aryl methyl sites for hydroxylation is 1. The van der Waals surface area contributed by atoms with Crippen molar-refractivity contribution in [1.82, 2.24) is 24.9 Å². The molecule has 1 saturated heterocycles. The lowest BCUT2D eigenvalue weighted by Gasteiger charge is -2.38. The second-order valence-electron chi connectivity index (χ2n) is 4.96. The first kappa shape index (κ1) is 11.9. The van der Waals surface area contributed by atoms with Crippen molar-refractivity contribution in [2.75, 3.05) is 13.1 Å². The molecule has 7 nitrogen and oxygen atoms in total. The van der Waals surface area contributed by atoms with Gasteiger partial charge in [0.05, 0.1) is 23.5 Å². The van der Waals surface area contributed by atoms with Gasteiger partial charge in [-0.25, -0.2) is 0 Å². The Morgan fingerprint density at radius 3 is 2.95 bits per heavy atom. The average molecular weight is 260 g/mol. The zero-order chi connectivity index (χ0) is 13.4. The van der Waals surface area contributed by atoms with Crippen molar-refractivity contribution in [2.24, 2.45) is 5.73 Å². The predicted molar refractivity (Wildman–Crippen MR) is 68.4 cm³/mol. The number of likely N-dealkylation sites (tertiary alicyclic amines) is 1. The Kier molecular flexibility index (Phi) is 2.83. The second-order valence-corrected chi connectivity index (χ2v) is 4.96. The molecule has 2 aromatic heterocycles. The molecule has 0 spiro atoms. The number of hydrogen-bond donors (Lipinski definition) is 2. The van der Waals surface area contributed by atoms with Gasteiger partial charge >= 0.3 is 0 Å². The topological polar surface area (TPSA) is 92.8 Å². The van der Waals surface area contributed by atoms with Gasteiger partial charge in [-0.15, -0.1) is 0 Å². The van der Waals surface area contributed by atoms with E-state index in [1.54, 1.807) is 6.20 Å². The van der Waals surface area contributed by atoms with Crippen LogP contribution in [-0.4, -0.2) is 43.9 Å². The van der Waals surface area contributed by atoms with Gasteiger partial charge in [-0.3, -0.25) is 19.5 Å². The molecule has 3 N–H and O–H groups in total. The van der Waals surface area contributed by atoms with Gasteiger partial charge in [-0.2, -0.15) is 10.2 Å². The Hall–Kier alpha value is -2.15. The van der Waals surface area contributed by atoms with Crippen LogP contribution in [0.4, 0.5) is 0 Å². The minimum atomic E-state index is -0.436. The lowest BCUT2D eigenvalue weighted by atomic mass is 10.1. The molecule has 1 aliphatic heterocycles. The monoisotopic (exact) mass is 260 g/mol. The second kappa shape index (κ2) is 4.51. The number of nitrogens with one attached hydrogen (secondary N) is 1. The van der Waals surface area contributed by atoms with Gasteiger partial charge in [-0.1, -0.05) is 0 Å². The molecular formula is C12H16N6O. The Morgan fingerprint density at radius 1 is 1.58 bits per heavy atom. The summed E-state index contributed by atoms with van der Waals surface area (Å²) in [6.07, 6.45) is 3.23. The molecule has 3 heterocycles. The fourth-order valence-electron chi connectivity index (χ4n) is 2.29. The van der Waals surface area contributed by atoms with Crippen molar-refractivity contribution >= 4 is 5.91 Å². The van der Waals surface area contributed by atoms with Crippen molar-refractivity contribution < 1.29 is 4.79 Å². The summed E-state index contributed by atoms with van der Waals surface area (Å²) >= 11 is 0. The molecule has 3 rings (SSSR count). The molecule has 0 bridgehead atoms. The summed E-state index contributed by atoms with van der Waals surface area (Å²) < 4.78 is 1.81. The van der Waals surface area contributed by atoms with Crippen LogP contribution >= 0.6 is 0 Å². The number of H-pyrrole nitrogens is 1. The van der Waals surface area contributed by atoms with Crippen LogP contribution in [0.5, 0.6) is 0 Å². The Labute approximate surface area is 110 Å². The smallest absolute Gasteiger partial charge is 0.251 e. The maximum atomic E-state index is 11.0. The minimum Gasteiger partial charge on any atom is -0.366 e. The predicted octanol–water partition coefficient (Wildman–Crippen LogP) is 0.0704. The quantitative estimate of drug-likeness (QED) is 0.813. The van der Waals surface area contributed by atoms with Crippen LogP contribution in [0.15, 0.2) is 18.5 Å². The Bertz CT molecular complexity index is 595. The fraction of sp³-hybridized carbons (Fsp3) is 0.417. The van der Waals surface area contributed by atoms with E-state index in [1.807, 2.05) is 17.7 Å². The van der Waals surface area contributed by atoms with Crippen molar-refractivity contribution in [3.63, 3.8) is 0 Å². The van der Waals surface area contributed by atoms with Gasteiger partial charge in [0.15, 0.2) is 0 Å². The largest absolute Gasteiger partial charge is 0.366 e. The first-order valence-corrected chi connectivity index (χ1v) is 6.19. The molecule has 0 atom stereocenters. The lowest BCUT2D eigenvalue weighted by molar-refractivity contribution is 0.0893. The van der Waals surface area contributed by atoms with E-state index < -0.39 is 5.91 Å². The molecule has 1 amide bonds. The zero-order valence-corrected chi connectivity index (χ0v) is 10.7. The van der Waals surface area contributed by atoms with E-state index in [-0.39, 0.29) is 0 Å². The highest BCUT2D eigenvalue weighted by Gasteiger charge is 2.29. The standard InChI is InChI=1S/C12H16N6O/c1-8-2-10(16-15-8)5-17-6-11(7-17)18-4-9(3-14-18)12(13)19/h2-4,11H,5-7H2,1H3,(H2,13,19)(H,15,16). The van der Waals surface area contributed by atoms with Gasteiger partial charge in [0, 0.05) is 31.5 Å². The SMILES string of the molecule is Cc1cc(CN2CC(n3cc(C(N)=O)cn3)C2)n[nH]1. The molecule has 2 aromatic rings. The maximum absolute atomic E-state index is 11.0. The highest BCUT2D eigenvalue weighted by molar-refractivity contribution is 5.92. The molecule has 7 heteroatoms. The highest BCUT2D eigenvalue weighted by Crippen LogP contribution is 2.22. The summed E-state index contributed by atoms with van der Waals surface area (Å²) in [6, 6.07) is 2.36. The van der Waals surface area contributed by atoms with E-state index in [9.17, 15) is 4.79 Å². The van der Waals surface area contributed by atoms with Crippen molar-refractivity contribution in [2.45, 2.75) is 19.5 Å². The van der Waals surface area contributed by atoms with E-state index >= 15 is 0 Å². The van der Waals surface area contributed by atoms with E-state index in [1.165, 1.54) is 6.20 Å². The number of primary amides is 1. The molecule has 1 fully saturated rings. The summed E-state index contributed by atoms with van der Waals surface area (Å²) in [4.78, 5) is 13.3. The number of rotatable bonds is 4. The molecule has 0 saturated carbocycles. The number of carbonyl (C=O) groups excluding carboxylic acids is 1. The molecule has 0 aromatic carbocycles. The summed E-state index contributed by atoms with van der Waals surface area (Å²) in [5.41, 5.74) is 7.79. The molecule has 1 aliphatic rings. The maximum Gasteiger partial charge on any atom is 0.251 e. The number of nitrogens with two attached hydrogens (primary N) is 1. The van der Waals surface area contributed by atoms with Crippen LogP contribution in [0.3, 0.4) is 0 Å². The van der Waals surface area contributed by atoms with Crippen LogP contribution in [0.1, 0.15) is 27.8 Å². The van der Waals surface area contributed by atoms with E-state index in [0.717, 1.165) is 31.0 Å². The summed E-state index contributed by atoms with van der Waals surface area (Å²) in [7, 11) is 0. The third kappa shape index (κ3) is 2.37. The van der Waals surface area contributed by atoms with Gasteiger partial charge in [0.25, 0.3) is 5.91 Å². The van der Waals surface area contributed by atoms with E-state index in [4.69, 9.17) is 5.73 Å². The van der Waals surface area contributed by atoms with E-state index in [2.05, 4.69) is 20.2 Å². The first-order chi connectivity index (χ1) is 9.11. The molecule has 0 radical (unpaired) electrons. The first-order valence-electron chi connectivity index (χ1n) is 6.19. The van der Waals surface area contributed by atoms with Crippen LogP contribution < -0.4 is 5.73 Å². The number of carbonyl (C=O) groups is 1. The molecule has 0 aliphatic carbocycles. The third-order valence-electron chi connectivity index (χ3n) is 3.34. The van der Waals surface area contributed by atoms with Crippen molar-refractivity contribution in [3.05, 3.63) is 35.4 Å². The average Bonchev–Trinajstić information content (AvgIpc) is 2.91. The van der Waals surface area contributed by atoms with Crippen LogP contribution in [0.2, 0.25) is 0 Å². The van der Waals surface area contributed by atoms with E-state index in [0.29, 0.717) is 11.6 Å². The Balaban J connectivity index is 1.55. The zero-order valence-electron chi connectivity index (χ0n) is 10.7. The highest BCUT2D eigenvalue weighted by atomic mass is 16.1. The minimum absolute atomic E-state index is 0.313. The molecular weight excluding hydrogens is 244 g/mol. The molecule has 100 valence electrons. The number of aromatic nitrogens is 4. The number of nitrogens with zero attached hydrogens (tertiary/aromatic N) is 4. The van der Waals surface area contributed by atoms with Gasteiger partial charge in [0.1, 0.15) is 0 Å². The third-order valence-corrected chi connectivity index (χ3v) is 3.34. The van der Waals surface area contributed by atoms with Crippen LogP contribution in [0, 0.1) is 6.92 Å². The van der Waals surface area contributed by atoms with Crippen LogP contribution in [-0.2, 0) is 6.54 Å². The van der Waals surface area contributed by atoms with Crippen LogP contribution in [0.25, 0.3) is 0 Å². The van der Waals surface area contributed by atoms with Gasteiger partial charge in [-0.05, 0) is 13.0 Å². The fourth-order valence-corrected chi connectivity index (χ4v) is 2.29. The normalized spacial score (nSPS) is 16.5. The lowest BCUT2D eigenvalue weighted by Crippen LogP contribution is -2.47. The molecule has 0 unspecified atom stereocenters.